The van der Waals surface area contributed by atoms with Gasteiger partial charge in [0.05, 0.1) is 5.52 Å². The molecular weight excluding hydrogens is 286 g/mol. The van der Waals surface area contributed by atoms with E-state index in [1.165, 1.54) is 5.39 Å². The lowest BCUT2D eigenvalue weighted by Gasteiger charge is -2.31. The van der Waals surface area contributed by atoms with E-state index in [4.69, 9.17) is 16.5 Å². The van der Waals surface area contributed by atoms with E-state index in [1.807, 2.05) is 30.6 Å². The molecule has 118 valence electrons. The fourth-order valence-electron chi connectivity index (χ4n) is 3.48. The van der Waals surface area contributed by atoms with Gasteiger partial charge in [-0.25, -0.2) is 9.97 Å². The Morgan fingerprint density at radius 1 is 1.04 bits per heavy atom. The second-order valence-electron chi connectivity index (χ2n) is 6.36. The largest absolute Gasteiger partial charge is 0.328 e. The number of fused-ring (bicyclic) bond motifs is 1. The van der Waals surface area contributed by atoms with Gasteiger partial charge in [0.25, 0.3) is 0 Å². The van der Waals surface area contributed by atoms with Crippen LogP contribution in [0, 0.1) is 0 Å². The minimum atomic E-state index is 0.0893. The van der Waals surface area contributed by atoms with E-state index in [0.29, 0.717) is 0 Å². The molecule has 2 heterocycles. The smallest absolute Gasteiger partial charge is 0.140 e. The van der Waals surface area contributed by atoms with Crippen LogP contribution in [0.25, 0.3) is 16.7 Å². The molecule has 3 unspecified atom stereocenters. The van der Waals surface area contributed by atoms with Gasteiger partial charge in [-0.1, -0.05) is 18.2 Å². The predicted molar refractivity (Wildman–Crippen MR) is 91.4 cm³/mol. The quantitative estimate of drug-likeness (QED) is 0.761. The van der Waals surface area contributed by atoms with E-state index in [1.54, 1.807) is 0 Å². The summed E-state index contributed by atoms with van der Waals surface area (Å²) < 4.78 is 2.09. The molecular formula is C18H21N5. The van der Waals surface area contributed by atoms with Crippen LogP contribution >= 0.6 is 0 Å². The molecule has 1 aromatic carbocycles. The number of nitrogens with two attached hydrogens (primary N) is 2. The third kappa shape index (κ3) is 2.62. The van der Waals surface area contributed by atoms with Gasteiger partial charge < -0.3 is 16.0 Å². The minimum Gasteiger partial charge on any atom is -0.328 e. The Balaban J connectivity index is 1.74. The van der Waals surface area contributed by atoms with Crippen molar-refractivity contribution in [1.29, 1.82) is 0 Å². The highest BCUT2D eigenvalue weighted by molar-refractivity contribution is 5.81. The van der Waals surface area contributed by atoms with Crippen LogP contribution < -0.4 is 11.5 Å². The maximum Gasteiger partial charge on any atom is 0.140 e. The van der Waals surface area contributed by atoms with Gasteiger partial charge in [0.2, 0.25) is 0 Å². The fourth-order valence-corrected chi connectivity index (χ4v) is 3.48. The van der Waals surface area contributed by atoms with E-state index < -0.39 is 0 Å². The number of nitrogens with zero attached hydrogens (tertiary/aromatic N) is 3. The van der Waals surface area contributed by atoms with Crippen LogP contribution in [-0.4, -0.2) is 26.6 Å². The van der Waals surface area contributed by atoms with Gasteiger partial charge in [-0.3, -0.25) is 0 Å². The summed E-state index contributed by atoms with van der Waals surface area (Å²) in [5, 5.41) is 1.20. The molecule has 4 N–H and O–H groups in total. The molecule has 23 heavy (non-hydrogen) atoms. The summed E-state index contributed by atoms with van der Waals surface area (Å²) in [6.45, 7) is 0. The molecule has 1 fully saturated rings. The highest BCUT2D eigenvalue weighted by Gasteiger charge is 2.29. The Kier molecular flexibility index (Phi) is 3.59. The molecule has 0 spiro atoms. The van der Waals surface area contributed by atoms with Gasteiger partial charge in [-0.05, 0) is 42.8 Å². The van der Waals surface area contributed by atoms with Crippen molar-refractivity contribution in [2.75, 3.05) is 0 Å². The molecule has 1 aliphatic rings. The molecule has 0 saturated heterocycles. The number of hydrogen-bond acceptors (Lipinski definition) is 4. The Morgan fingerprint density at radius 3 is 2.83 bits per heavy atom. The second-order valence-corrected chi connectivity index (χ2v) is 6.36. The Hall–Kier alpha value is -2.24. The van der Waals surface area contributed by atoms with Crippen molar-refractivity contribution >= 4 is 10.9 Å². The van der Waals surface area contributed by atoms with Gasteiger partial charge in [0, 0.05) is 30.4 Å². The summed E-state index contributed by atoms with van der Waals surface area (Å²) in [6, 6.07) is 12.6. The Labute approximate surface area is 135 Å². The molecule has 3 atom stereocenters. The van der Waals surface area contributed by atoms with E-state index in [-0.39, 0.29) is 18.0 Å². The normalized spacial score (nSPS) is 24.9. The summed E-state index contributed by atoms with van der Waals surface area (Å²) in [5.74, 6) is 1.83. The topological polar surface area (TPSA) is 82.8 Å². The lowest BCUT2D eigenvalue weighted by atomic mass is 9.82. The highest BCUT2D eigenvalue weighted by Crippen LogP contribution is 2.30. The van der Waals surface area contributed by atoms with Gasteiger partial charge in [0.1, 0.15) is 11.6 Å². The van der Waals surface area contributed by atoms with Gasteiger partial charge in [0.15, 0.2) is 0 Å². The van der Waals surface area contributed by atoms with Crippen molar-refractivity contribution in [3.8, 4) is 5.82 Å². The maximum absolute atomic E-state index is 6.29. The first kappa shape index (κ1) is 14.4. The molecule has 5 heteroatoms. The van der Waals surface area contributed by atoms with E-state index in [9.17, 15) is 0 Å². The van der Waals surface area contributed by atoms with Gasteiger partial charge >= 0.3 is 0 Å². The third-order valence-corrected chi connectivity index (χ3v) is 4.78. The fraction of sp³-hybridized carbons (Fsp3) is 0.333. The van der Waals surface area contributed by atoms with Crippen molar-refractivity contribution in [1.82, 2.24) is 14.5 Å². The highest BCUT2D eigenvalue weighted by atomic mass is 15.1. The third-order valence-electron chi connectivity index (χ3n) is 4.78. The number of para-hydroxylation sites is 1. The number of benzene rings is 1. The molecule has 5 nitrogen and oxygen atoms in total. The summed E-state index contributed by atoms with van der Waals surface area (Å²) in [6.07, 6.45) is 6.64. The first-order valence-corrected chi connectivity index (χ1v) is 8.13. The van der Waals surface area contributed by atoms with Crippen molar-refractivity contribution in [2.24, 2.45) is 11.5 Å². The molecule has 0 aliphatic heterocycles. The zero-order valence-corrected chi connectivity index (χ0v) is 13.0. The first-order valence-electron chi connectivity index (χ1n) is 8.13. The monoisotopic (exact) mass is 307 g/mol. The van der Waals surface area contributed by atoms with Crippen LogP contribution in [0.5, 0.6) is 0 Å². The van der Waals surface area contributed by atoms with Crippen LogP contribution in [0.1, 0.15) is 31.0 Å². The van der Waals surface area contributed by atoms with Crippen molar-refractivity contribution in [2.45, 2.75) is 37.3 Å². The lowest BCUT2D eigenvalue weighted by Crippen LogP contribution is -2.40. The van der Waals surface area contributed by atoms with Crippen LogP contribution in [0.2, 0.25) is 0 Å². The SMILES string of the molecule is NC1CCC(N)C(c2nccc(-n3ccc4ccccc43)n2)C1. The first-order chi connectivity index (χ1) is 11.2. The zero-order chi connectivity index (χ0) is 15.8. The van der Waals surface area contributed by atoms with Gasteiger partial charge in [-0.15, -0.1) is 0 Å². The average Bonchev–Trinajstić information content (AvgIpc) is 3.01. The number of aromatic nitrogens is 3. The van der Waals surface area contributed by atoms with Crippen molar-refractivity contribution in [3.05, 3.63) is 54.6 Å². The van der Waals surface area contributed by atoms with E-state index in [0.717, 1.165) is 36.4 Å². The summed E-state index contributed by atoms with van der Waals surface area (Å²) in [7, 11) is 0. The lowest BCUT2D eigenvalue weighted by molar-refractivity contribution is 0.337. The predicted octanol–water partition coefficient (Wildman–Crippen LogP) is 2.34. The van der Waals surface area contributed by atoms with Crippen LogP contribution in [0.15, 0.2) is 48.8 Å². The molecule has 0 bridgehead atoms. The maximum atomic E-state index is 6.29. The molecule has 4 rings (SSSR count). The van der Waals surface area contributed by atoms with Crippen LogP contribution in [-0.2, 0) is 0 Å². The Morgan fingerprint density at radius 2 is 1.91 bits per heavy atom. The molecule has 0 radical (unpaired) electrons. The Bertz CT molecular complexity index is 825. The molecule has 0 amide bonds. The second kappa shape index (κ2) is 5.76. The number of rotatable bonds is 2. The van der Waals surface area contributed by atoms with Crippen molar-refractivity contribution < 1.29 is 0 Å². The van der Waals surface area contributed by atoms with Crippen molar-refractivity contribution in [3.63, 3.8) is 0 Å². The zero-order valence-electron chi connectivity index (χ0n) is 13.0. The molecule has 1 aliphatic carbocycles. The standard InChI is InChI=1S/C18H21N5/c19-13-5-6-15(20)14(11-13)18-21-9-7-17(22-18)23-10-8-12-3-1-2-4-16(12)23/h1-4,7-10,13-15H,5-6,11,19-20H2. The summed E-state index contributed by atoms with van der Waals surface area (Å²) in [4.78, 5) is 9.27. The minimum absolute atomic E-state index is 0.0893. The number of hydrogen-bond donors (Lipinski definition) is 2. The van der Waals surface area contributed by atoms with Crippen LogP contribution in [0.3, 0.4) is 0 Å². The molecule has 3 aromatic rings. The average molecular weight is 307 g/mol. The molecule has 1 saturated carbocycles. The van der Waals surface area contributed by atoms with Gasteiger partial charge in [-0.2, -0.15) is 0 Å². The summed E-state index contributed by atoms with van der Waals surface area (Å²) in [5.41, 5.74) is 13.5. The van der Waals surface area contributed by atoms with Crippen LogP contribution in [0.4, 0.5) is 0 Å². The summed E-state index contributed by atoms with van der Waals surface area (Å²) >= 11 is 0. The van der Waals surface area contributed by atoms with E-state index in [2.05, 4.69) is 27.8 Å². The van der Waals surface area contributed by atoms with E-state index >= 15 is 0 Å². The molecule has 2 aromatic heterocycles.